The lowest BCUT2D eigenvalue weighted by atomic mass is 9.82. The molecule has 2 aromatic rings. The summed E-state index contributed by atoms with van der Waals surface area (Å²) in [5, 5.41) is 0. The van der Waals surface area contributed by atoms with Crippen LogP contribution in [0, 0.1) is 11.6 Å². The van der Waals surface area contributed by atoms with Crippen molar-refractivity contribution in [3.8, 4) is 0 Å². The Balaban J connectivity index is 1.62. The standard InChI is InChI=1S/C19H20F2N4O/c1-24-2-4-25(5-3-24)19-22-11-16-17(23-19)8-13(9-18(16)26)12-6-14(20)10-15(21)7-12/h6-7,10-11,13H,2-5,8-9H2,1H3/t13-/m0/s1. The Morgan fingerprint density at radius 1 is 1.04 bits per heavy atom. The average molecular weight is 358 g/mol. The number of carbonyl (C=O) groups excluding carboxylic acids is 1. The van der Waals surface area contributed by atoms with Crippen LogP contribution in [0.3, 0.4) is 0 Å². The van der Waals surface area contributed by atoms with Gasteiger partial charge in [-0.15, -0.1) is 0 Å². The molecule has 136 valence electrons. The van der Waals surface area contributed by atoms with E-state index in [0.29, 0.717) is 29.2 Å². The molecular weight excluding hydrogens is 338 g/mol. The highest BCUT2D eigenvalue weighted by molar-refractivity contribution is 5.98. The van der Waals surface area contributed by atoms with E-state index in [2.05, 4.69) is 26.8 Å². The molecule has 2 aliphatic rings. The minimum Gasteiger partial charge on any atom is -0.338 e. The summed E-state index contributed by atoms with van der Waals surface area (Å²) in [6.07, 6.45) is 2.29. The van der Waals surface area contributed by atoms with Crippen molar-refractivity contribution < 1.29 is 13.6 Å². The molecule has 1 aliphatic heterocycles. The van der Waals surface area contributed by atoms with Gasteiger partial charge in [-0.2, -0.15) is 0 Å². The van der Waals surface area contributed by atoms with Gasteiger partial charge in [0.05, 0.1) is 11.3 Å². The Morgan fingerprint density at radius 2 is 1.73 bits per heavy atom. The summed E-state index contributed by atoms with van der Waals surface area (Å²) in [6, 6.07) is 3.44. The SMILES string of the molecule is CN1CCN(c2ncc3c(n2)C[C@H](c2cc(F)cc(F)c2)CC3=O)CC1. The Hall–Kier alpha value is -2.41. The van der Waals surface area contributed by atoms with E-state index in [0.717, 1.165) is 32.2 Å². The van der Waals surface area contributed by atoms with E-state index in [4.69, 9.17) is 0 Å². The zero-order valence-corrected chi connectivity index (χ0v) is 14.6. The zero-order valence-electron chi connectivity index (χ0n) is 14.6. The third kappa shape index (κ3) is 3.31. The number of rotatable bonds is 2. The highest BCUT2D eigenvalue weighted by Crippen LogP contribution is 2.33. The van der Waals surface area contributed by atoms with Crippen molar-refractivity contribution in [3.63, 3.8) is 0 Å². The molecular formula is C19H20F2N4O. The van der Waals surface area contributed by atoms with E-state index < -0.39 is 11.6 Å². The summed E-state index contributed by atoms with van der Waals surface area (Å²) in [5.41, 5.74) is 1.69. The Kier molecular flexibility index (Phi) is 4.40. The van der Waals surface area contributed by atoms with E-state index in [1.54, 1.807) is 6.20 Å². The molecule has 1 aromatic carbocycles. The number of benzene rings is 1. The molecule has 0 N–H and O–H groups in total. The van der Waals surface area contributed by atoms with Gasteiger partial charge in [-0.25, -0.2) is 18.7 Å². The minimum atomic E-state index is -0.626. The van der Waals surface area contributed by atoms with Crippen LogP contribution in [0.15, 0.2) is 24.4 Å². The fourth-order valence-corrected chi connectivity index (χ4v) is 3.64. The lowest BCUT2D eigenvalue weighted by Gasteiger charge is -2.33. The van der Waals surface area contributed by atoms with E-state index in [1.807, 2.05) is 0 Å². The van der Waals surface area contributed by atoms with Crippen LogP contribution >= 0.6 is 0 Å². The van der Waals surface area contributed by atoms with Crippen LogP contribution in [0.1, 0.15) is 34.0 Å². The van der Waals surface area contributed by atoms with Crippen molar-refractivity contribution in [1.29, 1.82) is 0 Å². The van der Waals surface area contributed by atoms with Gasteiger partial charge < -0.3 is 9.80 Å². The number of Topliss-reactive ketones (excluding diaryl/α,β-unsaturated/α-hetero) is 1. The lowest BCUT2D eigenvalue weighted by molar-refractivity contribution is 0.0962. The van der Waals surface area contributed by atoms with Gasteiger partial charge in [0.1, 0.15) is 11.6 Å². The predicted molar refractivity (Wildman–Crippen MR) is 93.5 cm³/mol. The van der Waals surface area contributed by atoms with E-state index in [1.165, 1.54) is 12.1 Å². The molecule has 5 nitrogen and oxygen atoms in total. The number of carbonyl (C=O) groups is 1. The maximum absolute atomic E-state index is 13.6. The molecule has 1 atom stereocenters. The lowest BCUT2D eigenvalue weighted by Crippen LogP contribution is -2.45. The van der Waals surface area contributed by atoms with Gasteiger partial charge >= 0.3 is 0 Å². The summed E-state index contributed by atoms with van der Waals surface area (Å²) in [4.78, 5) is 25.8. The summed E-state index contributed by atoms with van der Waals surface area (Å²) in [6.45, 7) is 3.54. The summed E-state index contributed by atoms with van der Waals surface area (Å²) in [5.74, 6) is -0.977. The molecule has 26 heavy (non-hydrogen) atoms. The number of piperazine rings is 1. The van der Waals surface area contributed by atoms with E-state index in [-0.39, 0.29) is 18.1 Å². The zero-order chi connectivity index (χ0) is 18.3. The quantitative estimate of drug-likeness (QED) is 0.825. The maximum atomic E-state index is 13.6. The van der Waals surface area contributed by atoms with Crippen LogP contribution in [0.2, 0.25) is 0 Å². The first kappa shape index (κ1) is 17.0. The smallest absolute Gasteiger partial charge is 0.225 e. The third-order valence-corrected chi connectivity index (χ3v) is 5.17. The number of ketones is 1. The Bertz CT molecular complexity index is 829. The Morgan fingerprint density at radius 3 is 2.42 bits per heavy atom. The summed E-state index contributed by atoms with van der Waals surface area (Å²) >= 11 is 0. The van der Waals surface area contributed by atoms with Gasteiger partial charge in [-0.05, 0) is 37.1 Å². The van der Waals surface area contributed by atoms with Gasteiger partial charge in [-0.3, -0.25) is 4.79 Å². The van der Waals surface area contributed by atoms with Crippen LogP contribution < -0.4 is 4.90 Å². The molecule has 0 radical (unpaired) electrons. The van der Waals surface area contributed by atoms with Gasteiger partial charge in [0.2, 0.25) is 5.95 Å². The molecule has 4 rings (SSSR count). The number of nitrogens with zero attached hydrogens (tertiary/aromatic N) is 4. The number of aromatic nitrogens is 2. The third-order valence-electron chi connectivity index (χ3n) is 5.17. The van der Waals surface area contributed by atoms with Gasteiger partial charge in [0, 0.05) is 44.9 Å². The van der Waals surface area contributed by atoms with E-state index in [9.17, 15) is 13.6 Å². The van der Waals surface area contributed by atoms with Crippen molar-refractivity contribution in [2.75, 3.05) is 38.1 Å². The van der Waals surface area contributed by atoms with Gasteiger partial charge in [0.25, 0.3) is 0 Å². The van der Waals surface area contributed by atoms with Crippen LogP contribution in [-0.2, 0) is 6.42 Å². The second kappa shape index (κ2) is 6.72. The van der Waals surface area contributed by atoms with Crippen LogP contribution in [0.25, 0.3) is 0 Å². The predicted octanol–water partition coefficient (Wildman–Crippen LogP) is 2.42. The minimum absolute atomic E-state index is 0.0779. The molecule has 2 heterocycles. The molecule has 0 spiro atoms. The number of halogens is 2. The van der Waals surface area contributed by atoms with Crippen molar-refractivity contribution in [2.45, 2.75) is 18.8 Å². The fourth-order valence-electron chi connectivity index (χ4n) is 3.64. The van der Waals surface area contributed by atoms with Crippen molar-refractivity contribution >= 4 is 11.7 Å². The monoisotopic (exact) mass is 358 g/mol. The van der Waals surface area contributed by atoms with Crippen LogP contribution in [0.5, 0.6) is 0 Å². The number of anilines is 1. The molecule has 1 fully saturated rings. The molecule has 0 bridgehead atoms. The topological polar surface area (TPSA) is 49.3 Å². The molecule has 0 saturated carbocycles. The van der Waals surface area contributed by atoms with Crippen LogP contribution in [-0.4, -0.2) is 53.9 Å². The van der Waals surface area contributed by atoms with Crippen LogP contribution in [0.4, 0.5) is 14.7 Å². The second-order valence-corrected chi connectivity index (χ2v) is 7.05. The number of hydrogen-bond donors (Lipinski definition) is 0. The highest BCUT2D eigenvalue weighted by atomic mass is 19.1. The molecule has 7 heteroatoms. The Labute approximate surface area is 150 Å². The number of hydrogen-bond acceptors (Lipinski definition) is 5. The van der Waals surface area contributed by atoms with E-state index >= 15 is 0 Å². The van der Waals surface area contributed by atoms with Gasteiger partial charge in [-0.1, -0.05) is 0 Å². The summed E-state index contributed by atoms with van der Waals surface area (Å²) in [7, 11) is 2.08. The maximum Gasteiger partial charge on any atom is 0.225 e. The van der Waals surface area contributed by atoms with Crippen molar-refractivity contribution in [3.05, 3.63) is 52.9 Å². The largest absolute Gasteiger partial charge is 0.338 e. The normalized spacial score (nSPS) is 21.0. The highest BCUT2D eigenvalue weighted by Gasteiger charge is 2.29. The molecule has 0 amide bonds. The molecule has 1 saturated heterocycles. The molecule has 1 aliphatic carbocycles. The average Bonchev–Trinajstić information content (AvgIpc) is 2.61. The fraction of sp³-hybridized carbons (Fsp3) is 0.421. The first-order valence-electron chi connectivity index (χ1n) is 8.78. The number of likely N-dealkylation sites (N-methyl/N-ethyl adjacent to an activating group) is 1. The second-order valence-electron chi connectivity index (χ2n) is 7.05. The first-order chi connectivity index (χ1) is 12.5. The van der Waals surface area contributed by atoms with Gasteiger partial charge in [0.15, 0.2) is 5.78 Å². The molecule has 0 unspecified atom stereocenters. The van der Waals surface area contributed by atoms with Crippen molar-refractivity contribution in [1.82, 2.24) is 14.9 Å². The number of fused-ring (bicyclic) bond motifs is 1. The van der Waals surface area contributed by atoms with Crippen molar-refractivity contribution in [2.24, 2.45) is 0 Å². The first-order valence-corrected chi connectivity index (χ1v) is 8.78. The summed E-state index contributed by atoms with van der Waals surface area (Å²) < 4.78 is 27.1. The molecule has 1 aromatic heterocycles.